The summed E-state index contributed by atoms with van der Waals surface area (Å²) in [5.41, 5.74) is 0.346. The van der Waals surface area contributed by atoms with Gasteiger partial charge in [0.05, 0.1) is 0 Å². The number of carbonyl (C=O) groups excluding carboxylic acids is 1. The highest BCUT2D eigenvalue weighted by molar-refractivity contribution is 5.94. The monoisotopic (exact) mass is 278 g/mol. The molecule has 1 saturated carbocycles. The fourth-order valence-corrected chi connectivity index (χ4v) is 3.16. The number of halogens is 1. The molecule has 20 heavy (non-hydrogen) atoms. The van der Waals surface area contributed by atoms with E-state index in [0.29, 0.717) is 23.3 Å². The number of carbonyl (C=O) groups is 1. The van der Waals surface area contributed by atoms with Crippen LogP contribution in [0.3, 0.4) is 0 Å². The zero-order valence-corrected chi connectivity index (χ0v) is 12.4. The van der Waals surface area contributed by atoms with Crippen molar-refractivity contribution < 1.29 is 9.18 Å². The van der Waals surface area contributed by atoms with Gasteiger partial charge in [-0.25, -0.2) is 4.98 Å². The van der Waals surface area contributed by atoms with Crippen molar-refractivity contribution in [3.05, 3.63) is 29.8 Å². The lowest BCUT2D eigenvalue weighted by atomic mass is 9.74. The molecule has 3 nitrogen and oxygen atoms in total. The summed E-state index contributed by atoms with van der Waals surface area (Å²) in [6.07, 6.45) is 4.70. The van der Waals surface area contributed by atoms with Crippen LogP contribution >= 0.6 is 0 Å². The van der Waals surface area contributed by atoms with Crippen LogP contribution in [0, 0.1) is 23.7 Å². The summed E-state index contributed by atoms with van der Waals surface area (Å²) in [5, 5.41) is 3.09. The smallest absolute Gasteiger partial charge is 0.251 e. The number of hydrogen-bond acceptors (Lipinski definition) is 2. The number of aromatic nitrogens is 1. The van der Waals surface area contributed by atoms with Gasteiger partial charge in [0.25, 0.3) is 5.91 Å². The number of rotatable bonds is 3. The predicted octanol–water partition coefficient (Wildman–Crippen LogP) is 3.41. The maximum absolute atomic E-state index is 13.1. The van der Waals surface area contributed by atoms with E-state index in [1.54, 1.807) is 6.07 Å². The molecule has 4 heteroatoms. The summed E-state index contributed by atoms with van der Waals surface area (Å²) >= 11 is 0. The molecule has 0 aliphatic heterocycles. The minimum atomic E-state index is -0.616. The molecule has 0 bridgehead atoms. The largest absolute Gasteiger partial charge is 0.349 e. The highest BCUT2D eigenvalue weighted by Crippen LogP contribution is 2.33. The highest BCUT2D eigenvalue weighted by atomic mass is 19.1. The van der Waals surface area contributed by atoms with Crippen LogP contribution in [0.2, 0.25) is 0 Å². The molecule has 3 atom stereocenters. The summed E-state index contributed by atoms with van der Waals surface area (Å²) in [6.45, 7) is 6.62. The van der Waals surface area contributed by atoms with E-state index in [4.69, 9.17) is 0 Å². The molecular formula is C16H23FN2O. The van der Waals surface area contributed by atoms with Gasteiger partial charge in [-0.1, -0.05) is 27.2 Å². The van der Waals surface area contributed by atoms with Crippen molar-refractivity contribution in [2.45, 2.75) is 46.1 Å². The first-order valence-corrected chi connectivity index (χ1v) is 7.39. The fraction of sp³-hybridized carbons (Fsp3) is 0.625. The number of nitrogens with zero attached hydrogens (tertiary/aromatic N) is 1. The molecule has 0 saturated heterocycles. The Balaban J connectivity index is 2.08. The van der Waals surface area contributed by atoms with E-state index in [1.165, 1.54) is 18.7 Å². The van der Waals surface area contributed by atoms with E-state index < -0.39 is 5.95 Å². The Morgan fingerprint density at radius 3 is 2.85 bits per heavy atom. The van der Waals surface area contributed by atoms with Crippen LogP contribution in [-0.4, -0.2) is 16.9 Å². The van der Waals surface area contributed by atoms with E-state index in [0.717, 1.165) is 12.8 Å². The quantitative estimate of drug-likeness (QED) is 0.861. The zero-order chi connectivity index (χ0) is 14.7. The van der Waals surface area contributed by atoms with E-state index in [-0.39, 0.29) is 11.9 Å². The van der Waals surface area contributed by atoms with Crippen LogP contribution in [0.4, 0.5) is 4.39 Å². The minimum Gasteiger partial charge on any atom is -0.349 e. The number of hydrogen-bond donors (Lipinski definition) is 1. The molecule has 1 aliphatic carbocycles. The number of pyridine rings is 1. The molecule has 1 aromatic rings. The highest BCUT2D eigenvalue weighted by Gasteiger charge is 2.31. The van der Waals surface area contributed by atoms with Gasteiger partial charge in [0.2, 0.25) is 5.95 Å². The summed E-state index contributed by atoms with van der Waals surface area (Å²) in [7, 11) is 0. The zero-order valence-electron chi connectivity index (χ0n) is 12.4. The lowest BCUT2D eigenvalue weighted by Gasteiger charge is -2.37. The van der Waals surface area contributed by atoms with E-state index in [1.807, 2.05) is 0 Å². The van der Waals surface area contributed by atoms with Crippen LogP contribution in [0.15, 0.2) is 18.3 Å². The molecule has 110 valence electrons. The normalized spacial score (nSPS) is 26.6. The van der Waals surface area contributed by atoms with Gasteiger partial charge in [0.1, 0.15) is 0 Å². The lowest BCUT2D eigenvalue weighted by molar-refractivity contribution is 0.0867. The van der Waals surface area contributed by atoms with E-state index in [9.17, 15) is 9.18 Å². The second-order valence-electron chi connectivity index (χ2n) is 6.27. The van der Waals surface area contributed by atoms with Crippen molar-refractivity contribution in [3.63, 3.8) is 0 Å². The first-order chi connectivity index (χ1) is 9.47. The van der Waals surface area contributed by atoms with Gasteiger partial charge in [0.15, 0.2) is 0 Å². The van der Waals surface area contributed by atoms with Gasteiger partial charge >= 0.3 is 0 Å². The molecule has 0 unspecified atom stereocenters. The Morgan fingerprint density at radius 1 is 1.45 bits per heavy atom. The molecule has 0 spiro atoms. The molecule has 1 aliphatic rings. The van der Waals surface area contributed by atoms with Crippen molar-refractivity contribution in [3.8, 4) is 0 Å². The fourth-order valence-electron chi connectivity index (χ4n) is 3.16. The Morgan fingerprint density at radius 2 is 2.20 bits per heavy atom. The van der Waals surface area contributed by atoms with Gasteiger partial charge in [0, 0.05) is 23.9 Å². The van der Waals surface area contributed by atoms with Gasteiger partial charge in [-0.2, -0.15) is 4.39 Å². The van der Waals surface area contributed by atoms with Gasteiger partial charge in [-0.05, 0) is 36.7 Å². The van der Waals surface area contributed by atoms with Crippen molar-refractivity contribution >= 4 is 5.91 Å². The summed E-state index contributed by atoms with van der Waals surface area (Å²) in [6, 6.07) is 2.92. The minimum absolute atomic E-state index is 0.183. The van der Waals surface area contributed by atoms with Gasteiger partial charge < -0.3 is 5.32 Å². The molecule has 1 fully saturated rings. The topological polar surface area (TPSA) is 42.0 Å². The average Bonchev–Trinajstić information content (AvgIpc) is 2.38. The second kappa shape index (κ2) is 6.33. The standard InChI is InChI=1S/C16H23FN2O/c1-10(2)13-5-4-11(3)8-14(13)19-16(20)12-6-7-18-15(17)9-12/h6-7,9-11,13-14H,4-5,8H2,1-3H3,(H,19,20)/t11-,13+,14+/m0/s1. The molecule has 0 radical (unpaired) electrons. The third-order valence-electron chi connectivity index (χ3n) is 4.33. The molecule has 0 aromatic carbocycles. The van der Waals surface area contributed by atoms with Crippen LogP contribution in [0.5, 0.6) is 0 Å². The van der Waals surface area contributed by atoms with Crippen molar-refractivity contribution in [2.75, 3.05) is 0 Å². The van der Waals surface area contributed by atoms with Crippen LogP contribution < -0.4 is 5.32 Å². The van der Waals surface area contributed by atoms with E-state index >= 15 is 0 Å². The predicted molar refractivity (Wildman–Crippen MR) is 76.8 cm³/mol. The summed E-state index contributed by atoms with van der Waals surface area (Å²) in [4.78, 5) is 15.7. The number of nitrogens with one attached hydrogen (secondary N) is 1. The van der Waals surface area contributed by atoms with Crippen LogP contribution in [-0.2, 0) is 0 Å². The summed E-state index contributed by atoms with van der Waals surface area (Å²) < 4.78 is 13.1. The number of amides is 1. The first kappa shape index (κ1) is 14.9. The first-order valence-electron chi connectivity index (χ1n) is 7.39. The van der Waals surface area contributed by atoms with Crippen molar-refractivity contribution in [1.29, 1.82) is 0 Å². The average molecular weight is 278 g/mol. The Labute approximate surface area is 120 Å². The molecular weight excluding hydrogens is 255 g/mol. The van der Waals surface area contributed by atoms with Crippen molar-refractivity contribution in [2.24, 2.45) is 17.8 Å². The molecule has 1 heterocycles. The van der Waals surface area contributed by atoms with Gasteiger partial charge in [-0.15, -0.1) is 0 Å². The Hall–Kier alpha value is -1.45. The molecule has 1 amide bonds. The third-order valence-corrected chi connectivity index (χ3v) is 4.33. The lowest BCUT2D eigenvalue weighted by Crippen LogP contribution is -2.45. The molecule has 1 aromatic heterocycles. The molecule has 1 N–H and O–H groups in total. The summed E-state index contributed by atoms with van der Waals surface area (Å²) in [5.74, 6) is 0.861. The van der Waals surface area contributed by atoms with Crippen LogP contribution in [0.1, 0.15) is 50.4 Å². The van der Waals surface area contributed by atoms with Gasteiger partial charge in [-0.3, -0.25) is 4.79 Å². The Kier molecular flexibility index (Phi) is 4.73. The van der Waals surface area contributed by atoms with E-state index in [2.05, 4.69) is 31.1 Å². The molecule has 2 rings (SSSR count). The van der Waals surface area contributed by atoms with Crippen molar-refractivity contribution in [1.82, 2.24) is 10.3 Å². The Bertz CT molecular complexity index is 475. The third kappa shape index (κ3) is 3.56. The van der Waals surface area contributed by atoms with Crippen LogP contribution in [0.25, 0.3) is 0 Å². The second-order valence-corrected chi connectivity index (χ2v) is 6.27. The maximum Gasteiger partial charge on any atom is 0.251 e. The maximum atomic E-state index is 13.1. The SMILES string of the molecule is CC(C)[C@H]1CC[C@H](C)C[C@H]1NC(=O)c1ccnc(F)c1.